The first kappa shape index (κ1) is 12.7. The molecule has 3 rings (SSSR count). The van der Waals surface area contributed by atoms with Crippen LogP contribution in [0, 0.1) is 0 Å². The number of carbonyl (C=O) groups excluding carboxylic acids is 3. The second-order valence-corrected chi connectivity index (χ2v) is 4.98. The molecule has 1 aromatic carbocycles. The van der Waals surface area contributed by atoms with Crippen LogP contribution in [-0.2, 0) is 16.1 Å². The predicted octanol–water partition coefficient (Wildman–Crippen LogP) is -0.592. The Balaban J connectivity index is 1.90. The van der Waals surface area contributed by atoms with Gasteiger partial charge in [-0.1, -0.05) is 6.07 Å². The maximum absolute atomic E-state index is 12.4. The number of carbonyl (C=O) groups is 3. The lowest BCUT2D eigenvalue weighted by Crippen LogP contribution is -2.52. The molecule has 2 heterocycles. The van der Waals surface area contributed by atoms with Crippen LogP contribution in [0.15, 0.2) is 18.2 Å². The fraction of sp³-hybridized carbons (Fsp3) is 0.308. The van der Waals surface area contributed by atoms with Crippen LogP contribution in [0.25, 0.3) is 0 Å². The zero-order valence-electron chi connectivity index (χ0n) is 11.1. The standard InChI is InChI=1S/C13H14BN3O3/c14-16-9-3-1-2-7-8(9)6-17(13(7)20)10-4-5-11(18)15-12(10)19/h1-3,10,16H,4-6,14H2,(H,15,18,19). The molecule has 1 atom stereocenters. The number of rotatable bonds is 2. The quantitative estimate of drug-likeness (QED) is 0.556. The van der Waals surface area contributed by atoms with Crippen LogP contribution < -0.4 is 10.5 Å². The summed E-state index contributed by atoms with van der Waals surface area (Å²) in [4.78, 5) is 37.1. The van der Waals surface area contributed by atoms with Gasteiger partial charge in [0.1, 0.15) is 6.04 Å². The number of hydrogen-bond acceptors (Lipinski definition) is 4. The predicted molar refractivity (Wildman–Crippen MR) is 74.7 cm³/mol. The molecule has 6 nitrogen and oxygen atoms in total. The summed E-state index contributed by atoms with van der Waals surface area (Å²) in [6, 6.07) is 4.93. The number of benzene rings is 1. The summed E-state index contributed by atoms with van der Waals surface area (Å²) >= 11 is 0. The number of hydrogen-bond donors (Lipinski definition) is 2. The smallest absolute Gasteiger partial charge is 0.255 e. The molecule has 2 aliphatic heterocycles. The molecule has 1 unspecified atom stereocenters. The Morgan fingerprint density at radius 1 is 1.30 bits per heavy atom. The Kier molecular flexibility index (Phi) is 2.96. The molecule has 0 aliphatic carbocycles. The highest BCUT2D eigenvalue weighted by atomic mass is 16.2. The van der Waals surface area contributed by atoms with Crippen molar-refractivity contribution in [2.24, 2.45) is 0 Å². The fourth-order valence-electron chi connectivity index (χ4n) is 2.82. The van der Waals surface area contributed by atoms with Crippen molar-refractivity contribution in [3.8, 4) is 0 Å². The summed E-state index contributed by atoms with van der Waals surface area (Å²) in [5.74, 6) is -0.800. The van der Waals surface area contributed by atoms with Gasteiger partial charge in [-0.3, -0.25) is 19.7 Å². The highest BCUT2D eigenvalue weighted by Crippen LogP contribution is 2.31. The number of imide groups is 1. The second kappa shape index (κ2) is 4.66. The minimum atomic E-state index is -0.558. The summed E-state index contributed by atoms with van der Waals surface area (Å²) in [7, 11) is 1.80. The molecule has 2 aliphatic rings. The minimum absolute atomic E-state index is 0.147. The van der Waals surface area contributed by atoms with Crippen molar-refractivity contribution in [1.29, 1.82) is 0 Å². The van der Waals surface area contributed by atoms with Gasteiger partial charge in [-0.2, -0.15) is 0 Å². The van der Waals surface area contributed by atoms with Gasteiger partial charge in [0, 0.05) is 29.8 Å². The van der Waals surface area contributed by atoms with Gasteiger partial charge in [-0.25, -0.2) is 0 Å². The van der Waals surface area contributed by atoms with Gasteiger partial charge >= 0.3 is 0 Å². The van der Waals surface area contributed by atoms with E-state index in [4.69, 9.17) is 0 Å². The Hall–Kier alpha value is -2.31. The van der Waals surface area contributed by atoms with Crippen molar-refractivity contribution in [2.45, 2.75) is 25.4 Å². The number of nitrogens with one attached hydrogen (secondary N) is 2. The molecule has 0 aromatic heterocycles. The zero-order valence-corrected chi connectivity index (χ0v) is 11.1. The fourth-order valence-corrected chi connectivity index (χ4v) is 2.82. The van der Waals surface area contributed by atoms with E-state index in [0.29, 0.717) is 18.5 Å². The molecule has 102 valence electrons. The Labute approximate surface area is 116 Å². The van der Waals surface area contributed by atoms with Crippen LogP contribution in [0.5, 0.6) is 0 Å². The Morgan fingerprint density at radius 2 is 2.10 bits per heavy atom. The van der Waals surface area contributed by atoms with Crippen molar-refractivity contribution < 1.29 is 14.4 Å². The average Bonchev–Trinajstić information content (AvgIpc) is 2.76. The maximum Gasteiger partial charge on any atom is 0.255 e. The van der Waals surface area contributed by atoms with Crippen molar-refractivity contribution in [3.63, 3.8) is 0 Å². The van der Waals surface area contributed by atoms with Crippen molar-refractivity contribution in [3.05, 3.63) is 29.3 Å². The monoisotopic (exact) mass is 271 g/mol. The molecule has 2 N–H and O–H groups in total. The van der Waals surface area contributed by atoms with E-state index in [0.717, 1.165) is 11.3 Å². The molecule has 3 amide bonds. The largest absolute Gasteiger partial charge is 0.434 e. The number of piperidine rings is 1. The Bertz CT molecular complexity index is 617. The van der Waals surface area contributed by atoms with Gasteiger partial charge in [0.2, 0.25) is 19.8 Å². The molecule has 1 saturated heterocycles. The van der Waals surface area contributed by atoms with Crippen LogP contribution in [0.3, 0.4) is 0 Å². The highest BCUT2D eigenvalue weighted by molar-refractivity contribution is 6.17. The third-order valence-corrected chi connectivity index (χ3v) is 3.85. The average molecular weight is 271 g/mol. The Morgan fingerprint density at radius 3 is 2.80 bits per heavy atom. The first-order valence-corrected chi connectivity index (χ1v) is 6.56. The molecule has 1 fully saturated rings. The van der Waals surface area contributed by atoms with Gasteiger partial charge < -0.3 is 10.1 Å². The normalized spacial score (nSPS) is 21.7. The van der Waals surface area contributed by atoms with E-state index in [-0.39, 0.29) is 24.1 Å². The number of anilines is 1. The van der Waals surface area contributed by atoms with E-state index in [1.807, 2.05) is 12.1 Å². The molecule has 7 heteroatoms. The molecule has 0 bridgehead atoms. The summed E-state index contributed by atoms with van der Waals surface area (Å²) in [6.45, 7) is 0.400. The lowest BCUT2D eigenvalue weighted by Gasteiger charge is -2.29. The SMILES string of the molecule is BNc1cccc2c1CN(C1CCC(=O)NC1=O)C2=O. The van der Waals surface area contributed by atoms with E-state index in [1.54, 1.807) is 18.9 Å². The summed E-state index contributed by atoms with van der Waals surface area (Å²) in [6.07, 6.45) is 0.661. The first-order valence-electron chi connectivity index (χ1n) is 6.56. The topological polar surface area (TPSA) is 78.5 Å². The molecule has 0 saturated carbocycles. The molecule has 0 radical (unpaired) electrons. The van der Waals surface area contributed by atoms with Crippen LogP contribution in [0.4, 0.5) is 5.69 Å². The lowest BCUT2D eigenvalue weighted by molar-refractivity contribution is -0.136. The molecular weight excluding hydrogens is 257 g/mol. The highest BCUT2D eigenvalue weighted by Gasteiger charge is 2.39. The van der Waals surface area contributed by atoms with Crippen LogP contribution >= 0.6 is 0 Å². The lowest BCUT2D eigenvalue weighted by atomic mass is 10.0. The van der Waals surface area contributed by atoms with Gasteiger partial charge in [-0.05, 0) is 18.6 Å². The number of nitrogens with zero attached hydrogens (tertiary/aromatic N) is 1. The minimum Gasteiger partial charge on any atom is -0.434 e. The number of fused-ring (bicyclic) bond motifs is 1. The van der Waals surface area contributed by atoms with E-state index in [9.17, 15) is 14.4 Å². The third kappa shape index (κ3) is 1.86. The summed E-state index contributed by atoms with van der Waals surface area (Å²) in [5, 5.41) is 5.35. The maximum atomic E-state index is 12.4. The molecule has 0 spiro atoms. The third-order valence-electron chi connectivity index (χ3n) is 3.85. The zero-order chi connectivity index (χ0) is 14.3. The van der Waals surface area contributed by atoms with Gasteiger partial charge in [0.05, 0.1) is 0 Å². The van der Waals surface area contributed by atoms with Gasteiger partial charge in [-0.15, -0.1) is 0 Å². The summed E-state index contributed by atoms with van der Waals surface area (Å²) < 4.78 is 0. The van der Waals surface area contributed by atoms with Crippen LogP contribution in [-0.4, -0.2) is 36.6 Å². The van der Waals surface area contributed by atoms with Gasteiger partial charge in [0.15, 0.2) is 0 Å². The first-order chi connectivity index (χ1) is 9.61. The second-order valence-electron chi connectivity index (χ2n) is 4.98. The van der Waals surface area contributed by atoms with Gasteiger partial charge in [0.25, 0.3) is 5.91 Å². The summed E-state index contributed by atoms with van der Waals surface area (Å²) in [5.41, 5.74) is 2.43. The van der Waals surface area contributed by atoms with Crippen LogP contribution in [0.2, 0.25) is 0 Å². The van der Waals surface area contributed by atoms with E-state index in [2.05, 4.69) is 10.5 Å². The van der Waals surface area contributed by atoms with Crippen LogP contribution in [0.1, 0.15) is 28.8 Å². The van der Waals surface area contributed by atoms with Crippen molar-refractivity contribution >= 4 is 31.4 Å². The number of amides is 3. The molecule has 1 aromatic rings. The van der Waals surface area contributed by atoms with Crippen molar-refractivity contribution in [2.75, 3.05) is 5.23 Å². The van der Waals surface area contributed by atoms with Crippen molar-refractivity contribution in [1.82, 2.24) is 10.2 Å². The van der Waals surface area contributed by atoms with E-state index < -0.39 is 6.04 Å². The molecule has 20 heavy (non-hydrogen) atoms. The molecular formula is C13H14BN3O3. The van der Waals surface area contributed by atoms with E-state index in [1.165, 1.54) is 0 Å². The van der Waals surface area contributed by atoms with E-state index >= 15 is 0 Å².